The highest BCUT2D eigenvalue weighted by Gasteiger charge is 2.75. The van der Waals surface area contributed by atoms with Gasteiger partial charge in [0.2, 0.25) is 12.5 Å². The Balaban J connectivity index is 1.95. The van der Waals surface area contributed by atoms with Gasteiger partial charge in [-0.25, -0.2) is 0 Å². The number of ether oxygens (including phenoxy) is 6. The molecule has 0 spiro atoms. The van der Waals surface area contributed by atoms with Gasteiger partial charge in [-0.05, 0) is 36.5 Å². The van der Waals surface area contributed by atoms with Crippen LogP contribution in [0.15, 0.2) is 24.8 Å². The molecule has 176 valence electrons. The fourth-order valence-electron chi connectivity index (χ4n) is 6.43. The van der Waals surface area contributed by atoms with E-state index in [4.69, 9.17) is 28.4 Å². The Bertz CT molecular complexity index is 900. The summed E-state index contributed by atoms with van der Waals surface area (Å²) in [4.78, 5) is 12.1. The van der Waals surface area contributed by atoms with Gasteiger partial charge in [0.05, 0.1) is 19.3 Å². The van der Waals surface area contributed by atoms with Gasteiger partial charge in [-0.1, -0.05) is 13.0 Å². The fraction of sp³-hybridized carbons (Fsp3) is 0.625. The van der Waals surface area contributed by atoms with Gasteiger partial charge in [0.1, 0.15) is 5.60 Å². The van der Waals surface area contributed by atoms with Crippen LogP contribution in [0, 0.1) is 11.3 Å². The number of fused-ring (bicyclic) bond motifs is 3. The predicted molar refractivity (Wildman–Crippen MR) is 115 cm³/mol. The van der Waals surface area contributed by atoms with Gasteiger partial charge in [0.15, 0.2) is 17.6 Å². The zero-order valence-electron chi connectivity index (χ0n) is 19.3. The standard InChI is InChI=1S/C24H32O8/c1-7-8-23-11-18(28-5)21(32-14(3)25)24(29-6,22(23)26)19(13(23)2)15-9-16(27-4)20-17(10-15)30-12-31-20/h7,9-10,13,18-19,21-22,26H,1,8,11-12H2,2-6H3. The number of aliphatic hydroxyl groups excluding tert-OH is 1. The molecule has 1 heterocycles. The van der Waals surface area contributed by atoms with Crippen LogP contribution in [-0.4, -0.2) is 63.1 Å². The van der Waals surface area contributed by atoms with Gasteiger partial charge < -0.3 is 33.5 Å². The van der Waals surface area contributed by atoms with Crippen molar-refractivity contribution >= 4 is 5.97 Å². The summed E-state index contributed by atoms with van der Waals surface area (Å²) >= 11 is 0. The Hall–Kier alpha value is -2.29. The van der Waals surface area contributed by atoms with Gasteiger partial charge >= 0.3 is 5.97 Å². The lowest BCUT2D eigenvalue weighted by Gasteiger charge is -2.51. The number of hydrogen-bond acceptors (Lipinski definition) is 8. The number of allylic oxidation sites excluding steroid dienone is 1. The van der Waals surface area contributed by atoms with E-state index in [1.807, 2.05) is 18.2 Å². The molecule has 3 aliphatic rings. The van der Waals surface area contributed by atoms with Gasteiger partial charge in [-0.3, -0.25) is 4.79 Å². The van der Waals surface area contributed by atoms with E-state index in [2.05, 4.69) is 13.5 Å². The molecule has 1 aliphatic heterocycles. The van der Waals surface area contributed by atoms with Crippen LogP contribution < -0.4 is 14.2 Å². The molecule has 8 heteroatoms. The van der Waals surface area contributed by atoms with E-state index in [1.54, 1.807) is 21.3 Å². The van der Waals surface area contributed by atoms with Crippen LogP contribution in [0.25, 0.3) is 0 Å². The van der Waals surface area contributed by atoms with E-state index >= 15 is 0 Å². The molecule has 2 bridgehead atoms. The Morgan fingerprint density at radius 2 is 2.06 bits per heavy atom. The molecule has 0 radical (unpaired) electrons. The summed E-state index contributed by atoms with van der Waals surface area (Å²) < 4.78 is 34.6. The number of aliphatic hydroxyl groups is 1. The smallest absolute Gasteiger partial charge is 0.303 e. The minimum absolute atomic E-state index is 0.0706. The third-order valence-corrected chi connectivity index (χ3v) is 7.74. The molecule has 7 atom stereocenters. The molecule has 1 N–H and O–H groups in total. The highest BCUT2D eigenvalue weighted by Crippen LogP contribution is 2.67. The van der Waals surface area contributed by atoms with Crippen LogP contribution in [-0.2, 0) is 19.0 Å². The van der Waals surface area contributed by atoms with E-state index in [-0.39, 0.29) is 18.6 Å². The zero-order valence-corrected chi connectivity index (χ0v) is 19.3. The van der Waals surface area contributed by atoms with Crippen molar-refractivity contribution in [3.05, 3.63) is 30.4 Å². The molecular weight excluding hydrogens is 416 g/mol. The van der Waals surface area contributed by atoms with Crippen LogP contribution in [0.3, 0.4) is 0 Å². The summed E-state index contributed by atoms with van der Waals surface area (Å²) in [6.07, 6.45) is 0.691. The van der Waals surface area contributed by atoms with E-state index in [0.29, 0.717) is 30.1 Å². The monoisotopic (exact) mass is 448 g/mol. The third kappa shape index (κ3) is 2.96. The molecular formula is C24H32O8. The van der Waals surface area contributed by atoms with Crippen molar-refractivity contribution in [3.8, 4) is 17.2 Å². The average molecular weight is 449 g/mol. The molecule has 2 aliphatic carbocycles. The van der Waals surface area contributed by atoms with Crippen molar-refractivity contribution in [1.82, 2.24) is 0 Å². The minimum Gasteiger partial charge on any atom is -0.493 e. The predicted octanol–water partition coefficient (Wildman–Crippen LogP) is 2.82. The topological polar surface area (TPSA) is 92.7 Å². The SMILES string of the molecule is C=CCC12CC(OC)C(OC(C)=O)C(OC)(C(c3cc(OC)c4c(c3)OCO4)C1C)C2O. The molecule has 4 rings (SSSR count). The lowest BCUT2D eigenvalue weighted by atomic mass is 9.65. The fourth-order valence-corrected chi connectivity index (χ4v) is 6.43. The quantitative estimate of drug-likeness (QED) is 0.503. The summed E-state index contributed by atoms with van der Waals surface area (Å²) in [7, 11) is 4.71. The van der Waals surface area contributed by atoms with Crippen molar-refractivity contribution in [2.45, 2.75) is 56.5 Å². The van der Waals surface area contributed by atoms with Crippen molar-refractivity contribution in [2.75, 3.05) is 28.1 Å². The summed E-state index contributed by atoms with van der Waals surface area (Å²) in [6, 6.07) is 3.78. The van der Waals surface area contributed by atoms with E-state index < -0.39 is 35.3 Å². The summed E-state index contributed by atoms with van der Waals surface area (Å²) in [5.74, 6) is 0.768. The van der Waals surface area contributed by atoms with Crippen LogP contribution in [0.4, 0.5) is 0 Å². The number of carbonyl (C=O) groups excluding carboxylic acids is 1. The Kier molecular flexibility index (Phi) is 5.90. The maximum atomic E-state index is 12.1. The van der Waals surface area contributed by atoms with Crippen LogP contribution >= 0.6 is 0 Å². The molecule has 0 saturated heterocycles. The minimum atomic E-state index is -1.24. The molecule has 2 saturated carbocycles. The summed E-state index contributed by atoms with van der Waals surface area (Å²) in [5, 5.41) is 11.9. The highest BCUT2D eigenvalue weighted by atomic mass is 16.7. The van der Waals surface area contributed by atoms with Crippen molar-refractivity contribution < 1.29 is 38.3 Å². The molecule has 7 unspecified atom stereocenters. The van der Waals surface area contributed by atoms with E-state index in [1.165, 1.54) is 6.92 Å². The van der Waals surface area contributed by atoms with Gasteiger partial charge in [-0.2, -0.15) is 0 Å². The first-order valence-corrected chi connectivity index (χ1v) is 10.8. The second-order valence-corrected chi connectivity index (χ2v) is 8.92. The first-order chi connectivity index (χ1) is 15.3. The highest BCUT2D eigenvalue weighted by molar-refractivity contribution is 5.66. The van der Waals surface area contributed by atoms with Gasteiger partial charge in [-0.15, -0.1) is 6.58 Å². The Morgan fingerprint density at radius 3 is 2.66 bits per heavy atom. The molecule has 32 heavy (non-hydrogen) atoms. The number of carbonyl (C=O) groups is 1. The second kappa shape index (κ2) is 8.24. The molecule has 1 aromatic carbocycles. The maximum Gasteiger partial charge on any atom is 0.303 e. The van der Waals surface area contributed by atoms with Crippen molar-refractivity contribution in [2.24, 2.45) is 11.3 Å². The maximum absolute atomic E-state index is 12.1. The number of methoxy groups -OCH3 is 3. The lowest BCUT2D eigenvalue weighted by molar-refractivity contribution is -0.245. The van der Waals surface area contributed by atoms with Crippen molar-refractivity contribution in [1.29, 1.82) is 0 Å². The average Bonchev–Trinajstić information content (AvgIpc) is 3.29. The number of hydrogen-bond donors (Lipinski definition) is 1. The molecule has 0 aromatic heterocycles. The molecule has 1 aromatic rings. The number of esters is 1. The lowest BCUT2D eigenvalue weighted by Crippen LogP contribution is -2.66. The van der Waals surface area contributed by atoms with E-state index in [9.17, 15) is 9.90 Å². The van der Waals surface area contributed by atoms with E-state index in [0.717, 1.165) is 5.56 Å². The van der Waals surface area contributed by atoms with Crippen molar-refractivity contribution in [3.63, 3.8) is 0 Å². The molecule has 8 nitrogen and oxygen atoms in total. The third-order valence-electron chi connectivity index (χ3n) is 7.74. The Labute approximate surface area is 188 Å². The normalized spacial score (nSPS) is 37.2. The van der Waals surface area contributed by atoms with Crippen LogP contribution in [0.2, 0.25) is 0 Å². The largest absolute Gasteiger partial charge is 0.493 e. The van der Waals surface area contributed by atoms with Gasteiger partial charge in [0.25, 0.3) is 0 Å². The molecule has 0 amide bonds. The Morgan fingerprint density at radius 1 is 1.31 bits per heavy atom. The first kappa shape index (κ1) is 22.9. The summed E-state index contributed by atoms with van der Waals surface area (Å²) in [5.41, 5.74) is -0.978. The van der Waals surface area contributed by atoms with Crippen LogP contribution in [0.5, 0.6) is 17.2 Å². The number of benzene rings is 1. The number of rotatable bonds is 7. The van der Waals surface area contributed by atoms with Crippen LogP contribution in [0.1, 0.15) is 38.2 Å². The zero-order chi connectivity index (χ0) is 23.3. The molecule has 2 fully saturated rings. The summed E-state index contributed by atoms with van der Waals surface area (Å²) in [6.45, 7) is 7.49. The first-order valence-electron chi connectivity index (χ1n) is 10.8. The second-order valence-electron chi connectivity index (χ2n) is 8.92. The van der Waals surface area contributed by atoms with Gasteiger partial charge in [0, 0.05) is 32.5 Å².